The Labute approximate surface area is 168 Å². The van der Waals surface area contributed by atoms with E-state index in [1.165, 1.54) is 6.92 Å². The summed E-state index contributed by atoms with van der Waals surface area (Å²) in [6.45, 7) is 1.79. The molecule has 1 amide bonds. The maximum atomic E-state index is 12.5. The Hall–Kier alpha value is -3.61. The summed E-state index contributed by atoms with van der Waals surface area (Å²) < 4.78 is 15.8. The first kappa shape index (κ1) is 20.1. The number of amides is 1. The van der Waals surface area contributed by atoms with Gasteiger partial charge < -0.3 is 19.5 Å². The molecule has 1 aromatic heterocycles. The van der Waals surface area contributed by atoms with Crippen molar-refractivity contribution in [1.29, 1.82) is 0 Å². The first-order valence-corrected chi connectivity index (χ1v) is 9.07. The normalized spacial score (nSPS) is 11.6. The van der Waals surface area contributed by atoms with Gasteiger partial charge in [0.1, 0.15) is 0 Å². The predicted octanol–water partition coefficient (Wildman–Crippen LogP) is 3.11. The molecule has 150 valence electrons. The summed E-state index contributed by atoms with van der Waals surface area (Å²) >= 11 is 0. The Morgan fingerprint density at radius 1 is 1.03 bits per heavy atom. The summed E-state index contributed by atoms with van der Waals surface area (Å²) in [5.41, 5.74) is 1.69. The number of carbonyl (C=O) groups excluding carboxylic acids is 2. The van der Waals surface area contributed by atoms with Gasteiger partial charge in [0, 0.05) is 18.1 Å². The number of esters is 1. The smallest absolute Gasteiger partial charge is 0.341 e. The molecule has 3 aromatic rings. The summed E-state index contributed by atoms with van der Waals surface area (Å²) in [6.07, 6.45) is 0.653. The standard InChI is InChI=1S/C22H22N2O5/c1-14(21(25)24-13-15-9-10-18(27-2)19(12-15)28-3)29-22(26)17-8-4-6-16-7-5-11-23-20(16)17/h4-12,14H,13H2,1-3H3,(H,24,25)/t14-/m0/s1. The maximum absolute atomic E-state index is 12.5. The van der Waals surface area contributed by atoms with Crippen LogP contribution in [-0.2, 0) is 16.1 Å². The summed E-state index contributed by atoms with van der Waals surface area (Å²) in [7, 11) is 3.10. The number of hydrogen-bond donors (Lipinski definition) is 1. The van der Waals surface area contributed by atoms with E-state index >= 15 is 0 Å². The van der Waals surface area contributed by atoms with Crippen LogP contribution in [0.5, 0.6) is 11.5 Å². The molecule has 0 aliphatic heterocycles. The molecule has 7 nitrogen and oxygen atoms in total. The molecule has 0 bridgehead atoms. The Balaban J connectivity index is 1.62. The van der Waals surface area contributed by atoms with Gasteiger partial charge in [-0.3, -0.25) is 9.78 Å². The second kappa shape index (κ2) is 9.05. The minimum Gasteiger partial charge on any atom is -0.493 e. The van der Waals surface area contributed by atoms with Gasteiger partial charge in [0.05, 0.1) is 25.3 Å². The molecule has 0 unspecified atom stereocenters. The minimum atomic E-state index is -0.957. The fraction of sp³-hybridized carbons (Fsp3) is 0.227. The molecular weight excluding hydrogens is 372 g/mol. The van der Waals surface area contributed by atoms with Gasteiger partial charge >= 0.3 is 5.97 Å². The molecule has 0 saturated carbocycles. The first-order valence-electron chi connectivity index (χ1n) is 9.07. The van der Waals surface area contributed by atoms with Gasteiger partial charge in [-0.15, -0.1) is 0 Å². The zero-order valence-corrected chi connectivity index (χ0v) is 16.5. The average molecular weight is 394 g/mol. The monoisotopic (exact) mass is 394 g/mol. The van der Waals surface area contributed by atoms with Gasteiger partial charge in [0.15, 0.2) is 17.6 Å². The molecule has 0 fully saturated rings. The number of carbonyl (C=O) groups is 2. The fourth-order valence-electron chi connectivity index (χ4n) is 2.87. The molecule has 0 spiro atoms. The van der Waals surface area contributed by atoms with Crippen LogP contribution in [0.1, 0.15) is 22.8 Å². The van der Waals surface area contributed by atoms with Crippen LogP contribution in [0, 0.1) is 0 Å². The lowest BCUT2D eigenvalue weighted by Gasteiger charge is -2.15. The second-order valence-corrected chi connectivity index (χ2v) is 6.34. The third-order valence-electron chi connectivity index (χ3n) is 4.42. The van der Waals surface area contributed by atoms with Crippen LogP contribution in [0.25, 0.3) is 10.9 Å². The van der Waals surface area contributed by atoms with Gasteiger partial charge in [-0.2, -0.15) is 0 Å². The van der Waals surface area contributed by atoms with E-state index in [2.05, 4.69) is 10.3 Å². The molecule has 0 aliphatic rings. The molecule has 0 radical (unpaired) electrons. The maximum Gasteiger partial charge on any atom is 0.341 e. The van der Waals surface area contributed by atoms with Crippen LogP contribution in [0.4, 0.5) is 0 Å². The predicted molar refractivity (Wildman–Crippen MR) is 108 cm³/mol. The molecular formula is C22H22N2O5. The molecule has 1 atom stereocenters. The first-order chi connectivity index (χ1) is 14.0. The zero-order chi connectivity index (χ0) is 20.8. The van der Waals surface area contributed by atoms with Crippen molar-refractivity contribution in [1.82, 2.24) is 10.3 Å². The van der Waals surface area contributed by atoms with Gasteiger partial charge in [0.25, 0.3) is 5.91 Å². The van der Waals surface area contributed by atoms with Crippen molar-refractivity contribution in [3.8, 4) is 11.5 Å². The van der Waals surface area contributed by atoms with Gasteiger partial charge in [-0.1, -0.05) is 24.3 Å². The number of nitrogens with zero attached hydrogens (tertiary/aromatic N) is 1. The van der Waals surface area contributed by atoms with Gasteiger partial charge in [0.2, 0.25) is 0 Å². The number of fused-ring (bicyclic) bond motifs is 1. The second-order valence-electron chi connectivity index (χ2n) is 6.34. The van der Waals surface area contributed by atoms with E-state index in [-0.39, 0.29) is 6.54 Å². The SMILES string of the molecule is COc1ccc(CNC(=O)[C@H](C)OC(=O)c2cccc3cccnc23)cc1OC. The number of hydrogen-bond acceptors (Lipinski definition) is 6. The molecule has 29 heavy (non-hydrogen) atoms. The zero-order valence-electron chi connectivity index (χ0n) is 16.5. The van der Waals surface area contributed by atoms with E-state index < -0.39 is 18.0 Å². The van der Waals surface area contributed by atoms with E-state index in [0.717, 1.165) is 10.9 Å². The van der Waals surface area contributed by atoms with Crippen LogP contribution in [-0.4, -0.2) is 37.2 Å². The molecule has 2 aromatic carbocycles. The molecule has 7 heteroatoms. The van der Waals surface area contributed by atoms with Crippen molar-refractivity contribution < 1.29 is 23.8 Å². The van der Waals surface area contributed by atoms with Crippen LogP contribution in [0.2, 0.25) is 0 Å². The molecule has 0 aliphatic carbocycles. The van der Waals surface area contributed by atoms with Gasteiger partial charge in [-0.05, 0) is 36.8 Å². The van der Waals surface area contributed by atoms with Crippen LogP contribution < -0.4 is 14.8 Å². The number of rotatable bonds is 7. The lowest BCUT2D eigenvalue weighted by Crippen LogP contribution is -2.35. The number of aromatic nitrogens is 1. The number of methoxy groups -OCH3 is 2. The van der Waals surface area contributed by atoms with Gasteiger partial charge in [-0.25, -0.2) is 4.79 Å². The summed E-state index contributed by atoms with van der Waals surface area (Å²) in [5.74, 6) is 0.181. The molecule has 0 saturated heterocycles. The lowest BCUT2D eigenvalue weighted by molar-refractivity contribution is -0.129. The number of para-hydroxylation sites is 1. The van der Waals surface area contributed by atoms with E-state index in [0.29, 0.717) is 22.6 Å². The number of ether oxygens (including phenoxy) is 3. The summed E-state index contributed by atoms with van der Waals surface area (Å²) in [4.78, 5) is 29.1. The van der Waals surface area contributed by atoms with Crippen LogP contribution in [0.15, 0.2) is 54.7 Å². The number of pyridine rings is 1. The van der Waals surface area contributed by atoms with Crippen LogP contribution in [0.3, 0.4) is 0 Å². The number of benzene rings is 2. The highest BCUT2D eigenvalue weighted by atomic mass is 16.5. The van der Waals surface area contributed by atoms with E-state index in [1.54, 1.807) is 50.7 Å². The fourth-order valence-corrected chi connectivity index (χ4v) is 2.87. The van der Waals surface area contributed by atoms with E-state index in [9.17, 15) is 9.59 Å². The van der Waals surface area contributed by atoms with Crippen molar-refractivity contribution in [2.24, 2.45) is 0 Å². The Kier molecular flexibility index (Phi) is 6.29. The highest BCUT2D eigenvalue weighted by molar-refractivity contribution is 6.03. The Bertz CT molecular complexity index is 1030. The molecule has 1 N–H and O–H groups in total. The third-order valence-corrected chi connectivity index (χ3v) is 4.42. The Morgan fingerprint density at radius 3 is 2.55 bits per heavy atom. The lowest BCUT2D eigenvalue weighted by atomic mass is 10.1. The Morgan fingerprint density at radius 2 is 1.79 bits per heavy atom. The largest absolute Gasteiger partial charge is 0.493 e. The summed E-state index contributed by atoms with van der Waals surface area (Å²) in [5, 5.41) is 3.58. The highest BCUT2D eigenvalue weighted by Crippen LogP contribution is 2.27. The average Bonchev–Trinajstić information content (AvgIpc) is 2.76. The number of nitrogens with one attached hydrogen (secondary N) is 1. The molecule has 3 rings (SSSR count). The van der Waals surface area contributed by atoms with E-state index in [1.807, 2.05) is 18.2 Å². The topological polar surface area (TPSA) is 86.8 Å². The molecule has 1 heterocycles. The van der Waals surface area contributed by atoms with E-state index in [4.69, 9.17) is 14.2 Å². The van der Waals surface area contributed by atoms with Crippen molar-refractivity contribution in [3.05, 3.63) is 65.9 Å². The summed E-state index contributed by atoms with van der Waals surface area (Å²) in [6, 6.07) is 14.3. The van der Waals surface area contributed by atoms with Crippen molar-refractivity contribution in [2.75, 3.05) is 14.2 Å². The van der Waals surface area contributed by atoms with Crippen LogP contribution >= 0.6 is 0 Å². The minimum absolute atomic E-state index is 0.261. The van der Waals surface area contributed by atoms with Crippen molar-refractivity contribution in [3.63, 3.8) is 0 Å². The quantitative estimate of drug-likeness (QED) is 0.620. The third kappa shape index (κ3) is 4.63. The van der Waals surface area contributed by atoms with Crippen molar-refractivity contribution >= 4 is 22.8 Å². The highest BCUT2D eigenvalue weighted by Gasteiger charge is 2.20. The van der Waals surface area contributed by atoms with Crippen molar-refractivity contribution in [2.45, 2.75) is 19.6 Å².